The first-order valence-corrected chi connectivity index (χ1v) is 3.02. The molecule has 1 heterocycles. The largest absolute Gasteiger partial charge is 0.318 e. The summed E-state index contributed by atoms with van der Waals surface area (Å²) in [4.78, 5) is 10.8. The molecule has 1 amide bonds. The molecule has 0 aromatic carbocycles. The van der Waals surface area contributed by atoms with Gasteiger partial charge in [-0.15, -0.1) is 0 Å². The quantitative estimate of drug-likeness (QED) is 0.528. The van der Waals surface area contributed by atoms with Gasteiger partial charge in [0.1, 0.15) is 0 Å². The average Bonchev–Trinajstić information content (AvgIpc) is 2.13. The van der Waals surface area contributed by atoms with Gasteiger partial charge in [0.25, 0.3) is 5.24 Å². The molecule has 2 radical (unpaired) electrons. The van der Waals surface area contributed by atoms with Crippen molar-refractivity contribution in [1.82, 2.24) is 4.90 Å². The SMILES string of the molecule is O=C1S[C]CN1C(F)F. The van der Waals surface area contributed by atoms with Crippen LogP contribution in [0.25, 0.3) is 0 Å². The number of alkyl halides is 2. The second kappa shape index (κ2) is 2.51. The fourth-order valence-electron chi connectivity index (χ4n) is 0.435. The number of carbonyl (C=O) groups is 1. The number of hydrogen-bond acceptors (Lipinski definition) is 2. The molecule has 0 aliphatic carbocycles. The van der Waals surface area contributed by atoms with Crippen LogP contribution in [0, 0.1) is 5.75 Å². The first-order valence-electron chi connectivity index (χ1n) is 2.20. The highest BCUT2D eigenvalue weighted by Gasteiger charge is 2.28. The molecule has 1 fully saturated rings. The summed E-state index contributed by atoms with van der Waals surface area (Å²) in [6, 6.07) is 0. The fraction of sp³-hybridized carbons (Fsp3) is 0.500. The van der Waals surface area contributed by atoms with Crippen molar-refractivity contribution in [2.24, 2.45) is 0 Å². The standard InChI is InChI=1S/C4H3F2NOS/c5-3(6)7-1-2-9-4(7)8/h3H,1H2. The second-order valence-electron chi connectivity index (χ2n) is 1.42. The summed E-state index contributed by atoms with van der Waals surface area (Å²) < 4.78 is 23.3. The summed E-state index contributed by atoms with van der Waals surface area (Å²) in [5, 5.41) is -0.620. The summed E-state index contributed by atoms with van der Waals surface area (Å²) >= 11 is 0.691. The molecular formula is C4H3F2NOS. The summed E-state index contributed by atoms with van der Waals surface area (Å²) in [6.45, 7) is -2.75. The van der Waals surface area contributed by atoms with Crippen molar-refractivity contribution in [3.8, 4) is 0 Å². The van der Waals surface area contributed by atoms with Gasteiger partial charge in [0.05, 0.1) is 5.75 Å². The highest BCUT2D eigenvalue weighted by molar-refractivity contribution is 8.15. The van der Waals surface area contributed by atoms with E-state index in [4.69, 9.17) is 0 Å². The lowest BCUT2D eigenvalue weighted by Crippen LogP contribution is -2.27. The molecule has 0 aromatic rings. The van der Waals surface area contributed by atoms with E-state index in [2.05, 4.69) is 5.75 Å². The van der Waals surface area contributed by atoms with E-state index in [-0.39, 0.29) is 6.54 Å². The van der Waals surface area contributed by atoms with Gasteiger partial charge in [-0.1, -0.05) is 11.8 Å². The van der Waals surface area contributed by atoms with Crippen LogP contribution in [0.15, 0.2) is 0 Å². The van der Waals surface area contributed by atoms with Gasteiger partial charge >= 0.3 is 6.55 Å². The molecule has 2 nitrogen and oxygen atoms in total. The number of rotatable bonds is 1. The molecule has 0 unspecified atom stereocenters. The predicted octanol–water partition coefficient (Wildman–Crippen LogP) is 1.42. The van der Waals surface area contributed by atoms with Crippen molar-refractivity contribution in [3.05, 3.63) is 5.75 Å². The van der Waals surface area contributed by atoms with Crippen LogP contribution >= 0.6 is 11.8 Å². The van der Waals surface area contributed by atoms with Gasteiger partial charge < -0.3 is 0 Å². The normalized spacial score (nSPS) is 19.9. The second-order valence-corrected chi connectivity index (χ2v) is 2.26. The van der Waals surface area contributed by atoms with Crippen molar-refractivity contribution >= 4 is 17.0 Å². The highest BCUT2D eigenvalue weighted by Crippen LogP contribution is 2.24. The third kappa shape index (κ3) is 1.32. The van der Waals surface area contributed by atoms with E-state index in [1.54, 1.807) is 0 Å². The molecule has 1 saturated heterocycles. The van der Waals surface area contributed by atoms with E-state index in [9.17, 15) is 13.6 Å². The van der Waals surface area contributed by atoms with Gasteiger partial charge in [0.15, 0.2) is 0 Å². The van der Waals surface area contributed by atoms with Crippen molar-refractivity contribution < 1.29 is 13.6 Å². The fourth-order valence-corrected chi connectivity index (χ4v) is 1.02. The van der Waals surface area contributed by atoms with Crippen molar-refractivity contribution in [2.45, 2.75) is 6.55 Å². The Morgan fingerprint density at radius 1 is 1.78 bits per heavy atom. The Kier molecular flexibility index (Phi) is 1.90. The molecule has 5 heteroatoms. The van der Waals surface area contributed by atoms with Crippen molar-refractivity contribution in [3.63, 3.8) is 0 Å². The van der Waals surface area contributed by atoms with Gasteiger partial charge in [-0.25, -0.2) is 0 Å². The molecule has 0 atom stereocenters. The maximum atomic E-state index is 11.6. The number of thioether (sulfide) groups is 1. The molecule has 9 heavy (non-hydrogen) atoms. The number of halogens is 2. The lowest BCUT2D eigenvalue weighted by Gasteiger charge is -2.10. The zero-order valence-electron chi connectivity index (χ0n) is 4.30. The minimum atomic E-state index is -2.68. The Labute approximate surface area is 55.2 Å². The summed E-state index contributed by atoms with van der Waals surface area (Å²) in [7, 11) is 0. The lowest BCUT2D eigenvalue weighted by atomic mass is 10.7. The maximum absolute atomic E-state index is 11.6. The average molecular weight is 151 g/mol. The summed E-state index contributed by atoms with van der Waals surface area (Å²) in [5.41, 5.74) is 0. The molecule has 0 saturated carbocycles. The Bertz CT molecular complexity index is 130. The van der Waals surface area contributed by atoms with Crippen LogP contribution < -0.4 is 0 Å². The molecule has 50 valence electrons. The minimum absolute atomic E-state index is 0.0683. The van der Waals surface area contributed by atoms with Crippen LogP contribution in [0.4, 0.5) is 13.6 Å². The van der Waals surface area contributed by atoms with Gasteiger partial charge in [-0.3, -0.25) is 9.69 Å². The molecule has 0 N–H and O–H groups in total. The Morgan fingerprint density at radius 3 is 2.67 bits per heavy atom. The molecular weight excluding hydrogens is 148 g/mol. The summed E-state index contributed by atoms with van der Waals surface area (Å²) in [6.07, 6.45) is 0. The Hall–Kier alpha value is -0.320. The molecule has 0 aromatic heterocycles. The Morgan fingerprint density at radius 2 is 2.44 bits per heavy atom. The first kappa shape index (κ1) is 6.80. The summed E-state index contributed by atoms with van der Waals surface area (Å²) in [5.74, 6) is 2.42. The van der Waals surface area contributed by atoms with Crippen LogP contribution in [0.1, 0.15) is 0 Å². The monoisotopic (exact) mass is 151 g/mol. The van der Waals surface area contributed by atoms with E-state index >= 15 is 0 Å². The lowest BCUT2D eigenvalue weighted by molar-refractivity contribution is 0.0179. The van der Waals surface area contributed by atoms with Crippen LogP contribution in [0.2, 0.25) is 0 Å². The third-order valence-corrected chi connectivity index (χ3v) is 1.55. The maximum Gasteiger partial charge on any atom is 0.318 e. The van der Waals surface area contributed by atoms with Gasteiger partial charge in [0.2, 0.25) is 0 Å². The number of hydrogen-bond donors (Lipinski definition) is 0. The number of carbonyl (C=O) groups excluding carboxylic acids is 1. The van der Waals surface area contributed by atoms with E-state index in [0.717, 1.165) is 0 Å². The van der Waals surface area contributed by atoms with Crippen LogP contribution in [-0.2, 0) is 0 Å². The molecule has 1 rings (SSSR count). The molecule has 0 spiro atoms. The third-order valence-electron chi connectivity index (χ3n) is 0.864. The van der Waals surface area contributed by atoms with E-state index < -0.39 is 11.8 Å². The highest BCUT2D eigenvalue weighted by atomic mass is 32.2. The van der Waals surface area contributed by atoms with Gasteiger partial charge in [0, 0.05) is 6.54 Å². The Balaban J connectivity index is 2.49. The van der Waals surface area contributed by atoms with Crippen LogP contribution in [0.5, 0.6) is 0 Å². The van der Waals surface area contributed by atoms with Crippen LogP contribution in [0.3, 0.4) is 0 Å². The minimum Gasteiger partial charge on any atom is -0.275 e. The molecule has 0 bridgehead atoms. The van der Waals surface area contributed by atoms with E-state index in [1.807, 2.05) is 0 Å². The topological polar surface area (TPSA) is 20.3 Å². The molecule has 1 aliphatic heterocycles. The van der Waals surface area contributed by atoms with Gasteiger partial charge in [-0.2, -0.15) is 8.78 Å². The van der Waals surface area contributed by atoms with E-state index in [0.29, 0.717) is 16.7 Å². The first-order chi connectivity index (χ1) is 4.22. The zero-order valence-corrected chi connectivity index (χ0v) is 5.12. The number of nitrogens with zero attached hydrogens (tertiary/aromatic N) is 1. The van der Waals surface area contributed by atoms with E-state index in [1.165, 1.54) is 0 Å². The molecule has 1 aliphatic rings. The smallest absolute Gasteiger partial charge is 0.275 e. The van der Waals surface area contributed by atoms with Crippen molar-refractivity contribution in [1.29, 1.82) is 0 Å². The zero-order chi connectivity index (χ0) is 6.85. The number of amides is 1. The predicted molar refractivity (Wildman–Crippen MR) is 28.9 cm³/mol. The van der Waals surface area contributed by atoms with Crippen molar-refractivity contribution in [2.75, 3.05) is 6.54 Å². The van der Waals surface area contributed by atoms with Crippen LogP contribution in [-0.4, -0.2) is 23.2 Å². The van der Waals surface area contributed by atoms with Gasteiger partial charge in [-0.05, 0) is 0 Å².